The van der Waals surface area contributed by atoms with Crippen molar-refractivity contribution in [3.63, 3.8) is 0 Å². The third kappa shape index (κ3) is 2.89. The average Bonchev–Trinajstić information content (AvgIpc) is 2.46. The summed E-state index contributed by atoms with van der Waals surface area (Å²) in [5.41, 5.74) is 0. The second-order valence-corrected chi connectivity index (χ2v) is 5.03. The van der Waals surface area contributed by atoms with E-state index in [1.54, 1.807) is 13.4 Å². The van der Waals surface area contributed by atoms with Crippen molar-refractivity contribution < 1.29 is 4.74 Å². The quantitative estimate of drug-likeness (QED) is 0.878. The number of ether oxygens (including phenoxy) is 1. The summed E-state index contributed by atoms with van der Waals surface area (Å²) >= 11 is 0. The maximum Gasteiger partial charge on any atom is 0.204 e. The molecule has 2 rings (SSSR count). The molecule has 1 aliphatic heterocycles. The van der Waals surface area contributed by atoms with Gasteiger partial charge in [0, 0.05) is 26.2 Å². The second kappa shape index (κ2) is 6.06. The lowest BCUT2D eigenvalue weighted by molar-refractivity contribution is 0.256. The van der Waals surface area contributed by atoms with Gasteiger partial charge in [-0.05, 0) is 26.9 Å². The van der Waals surface area contributed by atoms with E-state index in [9.17, 15) is 0 Å². The van der Waals surface area contributed by atoms with Crippen molar-refractivity contribution in [2.75, 3.05) is 51.6 Å². The number of hydrogen-bond acceptors (Lipinski definition) is 6. The van der Waals surface area contributed by atoms with Crippen LogP contribution in [0.2, 0.25) is 0 Å². The normalized spacial score (nSPS) is 19.6. The molecule has 1 atom stereocenters. The van der Waals surface area contributed by atoms with E-state index in [-0.39, 0.29) is 0 Å². The van der Waals surface area contributed by atoms with Crippen LogP contribution in [0, 0.1) is 0 Å². The van der Waals surface area contributed by atoms with E-state index in [4.69, 9.17) is 4.74 Å². The zero-order valence-corrected chi connectivity index (χ0v) is 12.2. The van der Waals surface area contributed by atoms with Gasteiger partial charge in [0.25, 0.3) is 0 Å². The Morgan fingerprint density at radius 1 is 1.42 bits per heavy atom. The summed E-state index contributed by atoms with van der Waals surface area (Å²) in [5.74, 6) is 2.34. The molecule has 0 aliphatic carbocycles. The molecular formula is C13H23N5O. The van der Waals surface area contributed by atoms with Crippen LogP contribution in [0.15, 0.2) is 6.33 Å². The topological polar surface area (TPSA) is 53.5 Å². The highest BCUT2D eigenvalue weighted by molar-refractivity contribution is 5.64. The molecule has 1 unspecified atom stereocenters. The highest BCUT2D eigenvalue weighted by Gasteiger charge is 2.25. The number of nitrogens with one attached hydrogen (secondary N) is 1. The number of nitrogens with zero attached hydrogens (tertiary/aromatic N) is 4. The number of rotatable bonds is 4. The minimum absolute atomic E-state index is 0.562. The lowest BCUT2D eigenvalue weighted by Gasteiger charge is -2.37. The second-order valence-electron chi connectivity index (χ2n) is 5.03. The van der Waals surface area contributed by atoms with Gasteiger partial charge >= 0.3 is 0 Å². The van der Waals surface area contributed by atoms with Gasteiger partial charge in [-0.15, -0.1) is 0 Å². The number of methoxy groups -OCH3 is 1. The fraction of sp³-hybridized carbons (Fsp3) is 0.692. The zero-order valence-electron chi connectivity index (χ0n) is 12.2. The average molecular weight is 265 g/mol. The summed E-state index contributed by atoms with van der Waals surface area (Å²) in [7, 11) is 7.76. The molecule has 0 aromatic carbocycles. The number of aromatic nitrogens is 2. The summed E-state index contributed by atoms with van der Waals surface area (Å²) in [5, 5.41) is 3.05. The Labute approximate surface area is 114 Å². The van der Waals surface area contributed by atoms with Crippen LogP contribution in [0.25, 0.3) is 0 Å². The van der Waals surface area contributed by atoms with Crippen molar-refractivity contribution in [1.29, 1.82) is 0 Å². The minimum atomic E-state index is 0.562. The monoisotopic (exact) mass is 265 g/mol. The van der Waals surface area contributed by atoms with Crippen molar-refractivity contribution >= 4 is 11.6 Å². The van der Waals surface area contributed by atoms with E-state index in [1.165, 1.54) is 12.8 Å². The number of likely N-dealkylation sites (N-methyl/N-ethyl adjacent to an activating group) is 1. The van der Waals surface area contributed by atoms with Gasteiger partial charge in [0.05, 0.1) is 7.11 Å². The van der Waals surface area contributed by atoms with Crippen LogP contribution in [0.5, 0.6) is 5.75 Å². The molecule has 1 aliphatic rings. The van der Waals surface area contributed by atoms with E-state index in [1.807, 2.05) is 7.05 Å². The van der Waals surface area contributed by atoms with Crippen LogP contribution in [-0.2, 0) is 0 Å². The zero-order chi connectivity index (χ0) is 13.8. The fourth-order valence-electron chi connectivity index (χ4n) is 2.52. The van der Waals surface area contributed by atoms with E-state index in [2.05, 4.69) is 39.2 Å². The van der Waals surface area contributed by atoms with E-state index in [0.29, 0.717) is 6.04 Å². The molecule has 1 aromatic heterocycles. The van der Waals surface area contributed by atoms with E-state index < -0.39 is 0 Å². The minimum Gasteiger partial charge on any atom is -0.490 e. The smallest absolute Gasteiger partial charge is 0.204 e. The van der Waals surface area contributed by atoms with Crippen LogP contribution in [0.4, 0.5) is 11.6 Å². The summed E-state index contributed by atoms with van der Waals surface area (Å²) in [6.07, 6.45) is 3.99. The summed E-state index contributed by atoms with van der Waals surface area (Å²) in [4.78, 5) is 13.2. The summed E-state index contributed by atoms with van der Waals surface area (Å²) in [6.45, 7) is 1.99. The lowest BCUT2D eigenvalue weighted by atomic mass is 10.0. The molecule has 1 aromatic rings. The van der Waals surface area contributed by atoms with Crippen molar-refractivity contribution in [3.05, 3.63) is 6.33 Å². The molecule has 1 saturated heterocycles. The molecule has 1 N–H and O–H groups in total. The van der Waals surface area contributed by atoms with Gasteiger partial charge in [-0.2, -0.15) is 0 Å². The van der Waals surface area contributed by atoms with Crippen molar-refractivity contribution in [3.8, 4) is 5.75 Å². The van der Waals surface area contributed by atoms with Gasteiger partial charge in [-0.1, -0.05) is 0 Å². The maximum atomic E-state index is 5.47. The fourth-order valence-corrected chi connectivity index (χ4v) is 2.52. The van der Waals surface area contributed by atoms with Crippen LogP contribution in [0.3, 0.4) is 0 Å². The molecule has 0 radical (unpaired) electrons. The highest BCUT2D eigenvalue weighted by atomic mass is 16.5. The first-order valence-electron chi connectivity index (χ1n) is 6.65. The molecule has 0 spiro atoms. The Morgan fingerprint density at radius 3 is 2.84 bits per heavy atom. The molecule has 106 valence electrons. The predicted octanol–water partition coefficient (Wildman–Crippen LogP) is 1.06. The first-order chi connectivity index (χ1) is 9.17. The summed E-state index contributed by atoms with van der Waals surface area (Å²) in [6, 6.07) is 0.562. The lowest BCUT2D eigenvalue weighted by Crippen LogP contribution is -2.45. The van der Waals surface area contributed by atoms with E-state index >= 15 is 0 Å². The molecule has 6 nitrogen and oxygen atoms in total. The molecule has 19 heavy (non-hydrogen) atoms. The Hall–Kier alpha value is -1.56. The Bertz CT molecular complexity index is 423. The van der Waals surface area contributed by atoms with Crippen LogP contribution >= 0.6 is 0 Å². The van der Waals surface area contributed by atoms with E-state index in [0.717, 1.165) is 30.5 Å². The van der Waals surface area contributed by atoms with Gasteiger partial charge < -0.3 is 19.9 Å². The Kier molecular flexibility index (Phi) is 4.42. The molecule has 2 heterocycles. The Morgan fingerprint density at radius 2 is 2.21 bits per heavy atom. The number of piperidine rings is 1. The van der Waals surface area contributed by atoms with Crippen molar-refractivity contribution in [2.24, 2.45) is 0 Å². The van der Waals surface area contributed by atoms with Crippen LogP contribution < -0.4 is 15.0 Å². The van der Waals surface area contributed by atoms with Crippen molar-refractivity contribution in [1.82, 2.24) is 14.9 Å². The van der Waals surface area contributed by atoms with Gasteiger partial charge in [-0.25, -0.2) is 9.97 Å². The largest absolute Gasteiger partial charge is 0.490 e. The predicted molar refractivity (Wildman–Crippen MR) is 77.1 cm³/mol. The first-order valence-corrected chi connectivity index (χ1v) is 6.65. The number of anilines is 2. The van der Waals surface area contributed by atoms with Gasteiger partial charge in [0.1, 0.15) is 6.33 Å². The summed E-state index contributed by atoms with van der Waals surface area (Å²) < 4.78 is 5.47. The molecule has 6 heteroatoms. The SMILES string of the molecule is CNc1ncnc(N2CCCC(N(C)C)C2)c1OC. The molecule has 1 fully saturated rings. The maximum absolute atomic E-state index is 5.47. The third-order valence-corrected chi connectivity index (χ3v) is 3.65. The Balaban J connectivity index is 2.25. The van der Waals surface area contributed by atoms with Crippen molar-refractivity contribution in [2.45, 2.75) is 18.9 Å². The molecule has 0 saturated carbocycles. The van der Waals surface area contributed by atoms with Crippen LogP contribution in [0.1, 0.15) is 12.8 Å². The van der Waals surface area contributed by atoms with Gasteiger partial charge in [-0.3, -0.25) is 0 Å². The number of hydrogen-bond donors (Lipinski definition) is 1. The highest BCUT2D eigenvalue weighted by Crippen LogP contribution is 2.33. The van der Waals surface area contributed by atoms with Crippen LogP contribution in [-0.4, -0.2) is 62.3 Å². The molecule has 0 bridgehead atoms. The van der Waals surface area contributed by atoms with Gasteiger partial charge in [0.15, 0.2) is 11.6 Å². The standard InChI is InChI=1S/C13H23N5O/c1-14-12-11(19-4)13(16-9-15-12)18-7-5-6-10(8-18)17(2)3/h9-10H,5-8H2,1-4H3,(H,14,15,16). The van der Waals surface area contributed by atoms with Gasteiger partial charge in [0.2, 0.25) is 5.75 Å². The third-order valence-electron chi connectivity index (χ3n) is 3.65. The molecule has 0 amide bonds. The molecular weight excluding hydrogens is 242 g/mol. The first kappa shape index (κ1) is 13.9.